The molecule has 1 saturated carbocycles. The fourth-order valence-electron chi connectivity index (χ4n) is 2.58. The van der Waals surface area contributed by atoms with Gasteiger partial charge in [0.25, 0.3) is 0 Å². The highest BCUT2D eigenvalue weighted by Gasteiger charge is 2.27. The van der Waals surface area contributed by atoms with E-state index in [0.717, 1.165) is 18.3 Å². The molecule has 1 nitrogen and oxygen atoms in total. The second-order valence-electron chi connectivity index (χ2n) is 4.61. The summed E-state index contributed by atoms with van der Waals surface area (Å²) in [6.07, 6.45) is 6.57. The second-order valence-corrected chi connectivity index (χ2v) is 4.61. The van der Waals surface area contributed by atoms with E-state index in [0.29, 0.717) is 5.78 Å². The minimum absolute atomic E-state index is 0.289. The molecule has 0 amide bonds. The van der Waals surface area contributed by atoms with Gasteiger partial charge in [0.05, 0.1) is 0 Å². The number of rotatable bonds is 4. The number of ketones is 1. The van der Waals surface area contributed by atoms with Gasteiger partial charge >= 0.3 is 0 Å². The van der Waals surface area contributed by atoms with Crippen molar-refractivity contribution >= 4 is 5.78 Å². The van der Waals surface area contributed by atoms with Crippen LogP contribution in [0.2, 0.25) is 0 Å². The first-order valence-electron chi connectivity index (χ1n) is 5.65. The first-order valence-corrected chi connectivity index (χ1v) is 5.65. The predicted octanol–water partition coefficient (Wildman–Crippen LogP) is 3.43. The van der Waals surface area contributed by atoms with Crippen LogP contribution in [-0.4, -0.2) is 5.78 Å². The first kappa shape index (κ1) is 10.7. The van der Waals surface area contributed by atoms with Crippen molar-refractivity contribution in [2.45, 2.75) is 52.9 Å². The van der Waals surface area contributed by atoms with Gasteiger partial charge in [0, 0.05) is 5.92 Å². The van der Waals surface area contributed by atoms with Crippen LogP contribution in [0.5, 0.6) is 0 Å². The minimum atomic E-state index is 0.289. The molecule has 0 spiro atoms. The van der Waals surface area contributed by atoms with Crippen molar-refractivity contribution in [3.63, 3.8) is 0 Å². The van der Waals surface area contributed by atoms with Gasteiger partial charge in [0.2, 0.25) is 0 Å². The Bertz CT molecular complexity index is 174. The lowest BCUT2D eigenvalue weighted by Gasteiger charge is -2.20. The molecule has 1 fully saturated rings. The molecule has 0 heterocycles. The van der Waals surface area contributed by atoms with Gasteiger partial charge in [0.1, 0.15) is 5.78 Å². The number of hydrogen-bond acceptors (Lipinski definition) is 1. The van der Waals surface area contributed by atoms with Crippen LogP contribution in [-0.2, 0) is 4.79 Å². The van der Waals surface area contributed by atoms with Crippen molar-refractivity contribution in [1.82, 2.24) is 0 Å². The van der Waals surface area contributed by atoms with Crippen LogP contribution in [0.25, 0.3) is 0 Å². The summed E-state index contributed by atoms with van der Waals surface area (Å²) in [5, 5.41) is 0. The zero-order chi connectivity index (χ0) is 9.84. The third kappa shape index (κ3) is 2.82. The van der Waals surface area contributed by atoms with Crippen molar-refractivity contribution in [2.75, 3.05) is 0 Å². The quantitative estimate of drug-likeness (QED) is 0.651. The van der Waals surface area contributed by atoms with E-state index in [9.17, 15) is 4.79 Å². The van der Waals surface area contributed by atoms with Gasteiger partial charge in [-0.25, -0.2) is 0 Å². The fourth-order valence-corrected chi connectivity index (χ4v) is 2.58. The molecule has 0 aromatic heterocycles. The van der Waals surface area contributed by atoms with Gasteiger partial charge in [-0.1, -0.05) is 39.5 Å². The SMILES string of the molecule is CCC1CCCC1CC(C)C(C)=O. The van der Waals surface area contributed by atoms with E-state index in [-0.39, 0.29) is 5.92 Å². The Kier molecular flexibility index (Phi) is 3.95. The fraction of sp³-hybridized carbons (Fsp3) is 0.917. The monoisotopic (exact) mass is 182 g/mol. The molecule has 0 aromatic rings. The maximum Gasteiger partial charge on any atom is 0.132 e. The van der Waals surface area contributed by atoms with Crippen molar-refractivity contribution in [2.24, 2.45) is 17.8 Å². The molecule has 0 saturated heterocycles. The van der Waals surface area contributed by atoms with E-state index in [1.165, 1.54) is 25.7 Å². The average molecular weight is 182 g/mol. The zero-order valence-electron chi connectivity index (χ0n) is 9.18. The van der Waals surface area contributed by atoms with Crippen LogP contribution in [0.3, 0.4) is 0 Å². The van der Waals surface area contributed by atoms with Crippen LogP contribution in [0, 0.1) is 17.8 Å². The molecule has 1 rings (SSSR count). The molecule has 0 N–H and O–H groups in total. The molecule has 76 valence electrons. The Balaban J connectivity index is 2.39. The molecule has 1 aliphatic carbocycles. The van der Waals surface area contributed by atoms with Gasteiger partial charge in [-0.2, -0.15) is 0 Å². The van der Waals surface area contributed by atoms with Crippen LogP contribution >= 0.6 is 0 Å². The Morgan fingerprint density at radius 1 is 1.38 bits per heavy atom. The Hall–Kier alpha value is -0.330. The highest BCUT2D eigenvalue weighted by atomic mass is 16.1. The molecule has 13 heavy (non-hydrogen) atoms. The van der Waals surface area contributed by atoms with Gasteiger partial charge in [-0.05, 0) is 25.2 Å². The summed E-state index contributed by atoms with van der Waals surface area (Å²) < 4.78 is 0. The third-order valence-electron chi connectivity index (χ3n) is 3.69. The number of carbonyl (C=O) groups is 1. The standard InChI is InChI=1S/C12H22O/c1-4-11-6-5-7-12(11)8-9(2)10(3)13/h9,11-12H,4-8H2,1-3H3. The van der Waals surface area contributed by atoms with E-state index >= 15 is 0 Å². The van der Waals surface area contributed by atoms with E-state index in [1.807, 2.05) is 0 Å². The summed E-state index contributed by atoms with van der Waals surface area (Å²) in [5.41, 5.74) is 0. The molecule has 3 unspecified atom stereocenters. The summed E-state index contributed by atoms with van der Waals surface area (Å²) in [6.45, 7) is 6.08. The third-order valence-corrected chi connectivity index (χ3v) is 3.69. The molecular formula is C12H22O. The van der Waals surface area contributed by atoms with Gasteiger partial charge in [0.15, 0.2) is 0 Å². The molecule has 1 aliphatic rings. The lowest BCUT2D eigenvalue weighted by atomic mass is 9.85. The molecule has 0 aliphatic heterocycles. The average Bonchev–Trinajstić information content (AvgIpc) is 2.51. The van der Waals surface area contributed by atoms with Crippen LogP contribution in [0.1, 0.15) is 52.9 Å². The summed E-state index contributed by atoms with van der Waals surface area (Å²) in [6, 6.07) is 0. The Morgan fingerprint density at radius 3 is 2.54 bits per heavy atom. The molecular weight excluding hydrogens is 160 g/mol. The highest BCUT2D eigenvalue weighted by molar-refractivity contribution is 5.77. The minimum Gasteiger partial charge on any atom is -0.300 e. The Morgan fingerprint density at radius 2 is 2.00 bits per heavy atom. The van der Waals surface area contributed by atoms with Crippen molar-refractivity contribution in [1.29, 1.82) is 0 Å². The molecule has 0 aromatic carbocycles. The smallest absolute Gasteiger partial charge is 0.132 e. The Labute approximate surface area is 81.9 Å². The molecule has 0 radical (unpaired) electrons. The summed E-state index contributed by atoms with van der Waals surface area (Å²) >= 11 is 0. The summed E-state index contributed by atoms with van der Waals surface area (Å²) in [4.78, 5) is 11.1. The van der Waals surface area contributed by atoms with Crippen molar-refractivity contribution < 1.29 is 4.79 Å². The molecule has 1 heteroatoms. The first-order chi connectivity index (χ1) is 6.15. The van der Waals surface area contributed by atoms with Crippen LogP contribution in [0.15, 0.2) is 0 Å². The lowest BCUT2D eigenvalue weighted by molar-refractivity contribution is -0.120. The van der Waals surface area contributed by atoms with Crippen molar-refractivity contribution in [3.8, 4) is 0 Å². The van der Waals surface area contributed by atoms with Gasteiger partial charge in [-0.15, -0.1) is 0 Å². The topological polar surface area (TPSA) is 17.1 Å². The molecule has 3 atom stereocenters. The summed E-state index contributed by atoms with van der Waals surface area (Å²) in [7, 11) is 0. The number of hydrogen-bond donors (Lipinski definition) is 0. The van der Waals surface area contributed by atoms with E-state index in [2.05, 4.69) is 13.8 Å². The van der Waals surface area contributed by atoms with Crippen LogP contribution in [0.4, 0.5) is 0 Å². The normalized spacial score (nSPS) is 30.4. The second kappa shape index (κ2) is 4.78. The highest BCUT2D eigenvalue weighted by Crippen LogP contribution is 2.37. The maximum absolute atomic E-state index is 11.1. The zero-order valence-corrected chi connectivity index (χ0v) is 9.18. The predicted molar refractivity (Wildman–Crippen MR) is 55.6 cm³/mol. The maximum atomic E-state index is 11.1. The largest absolute Gasteiger partial charge is 0.300 e. The van der Waals surface area contributed by atoms with E-state index < -0.39 is 0 Å². The number of Topliss-reactive ketones (excluding diaryl/α,β-unsaturated/α-hetero) is 1. The number of carbonyl (C=O) groups excluding carboxylic acids is 1. The van der Waals surface area contributed by atoms with E-state index in [1.54, 1.807) is 6.92 Å². The van der Waals surface area contributed by atoms with Crippen LogP contribution < -0.4 is 0 Å². The van der Waals surface area contributed by atoms with Crippen molar-refractivity contribution in [3.05, 3.63) is 0 Å². The summed E-state index contributed by atoms with van der Waals surface area (Å²) in [5.74, 6) is 2.39. The van der Waals surface area contributed by atoms with Gasteiger partial charge < -0.3 is 0 Å². The van der Waals surface area contributed by atoms with Gasteiger partial charge in [-0.3, -0.25) is 4.79 Å². The molecule has 0 bridgehead atoms. The van der Waals surface area contributed by atoms with E-state index in [4.69, 9.17) is 0 Å². The lowest BCUT2D eigenvalue weighted by Crippen LogP contribution is -2.15.